The molecule has 0 aliphatic carbocycles. The second-order valence-corrected chi connectivity index (χ2v) is 7.34. The van der Waals surface area contributed by atoms with Crippen LogP contribution in [0.1, 0.15) is 17.5 Å². The number of carbonyl (C=O) groups is 1. The quantitative estimate of drug-likeness (QED) is 0.523. The smallest absolute Gasteiger partial charge is 0.327 e. The number of hydrogen-bond acceptors (Lipinski definition) is 4. The normalized spacial score (nSPS) is 17.9. The Morgan fingerprint density at radius 3 is 2.55 bits per heavy atom. The van der Waals surface area contributed by atoms with Crippen LogP contribution in [0.5, 0.6) is 0 Å². The Labute approximate surface area is 171 Å². The second kappa shape index (κ2) is 8.94. The number of rotatable bonds is 8. The number of carbonyl (C=O) groups excluding carboxylic acids is 1. The SMILES string of the molecule is NCCCNCc1ccc(N2C=C3C=C(Cc4ccccc4)NC3NC2=O)cc1. The van der Waals surface area contributed by atoms with Gasteiger partial charge >= 0.3 is 6.03 Å². The summed E-state index contributed by atoms with van der Waals surface area (Å²) in [5.74, 6) is 0. The van der Waals surface area contributed by atoms with E-state index in [1.54, 1.807) is 4.90 Å². The third kappa shape index (κ3) is 4.67. The number of nitrogens with zero attached hydrogens (tertiary/aromatic N) is 1. The van der Waals surface area contributed by atoms with Crippen molar-refractivity contribution in [1.29, 1.82) is 0 Å². The Kier molecular flexibility index (Phi) is 5.93. The predicted molar refractivity (Wildman–Crippen MR) is 116 cm³/mol. The van der Waals surface area contributed by atoms with Gasteiger partial charge in [-0.15, -0.1) is 0 Å². The molecule has 2 amide bonds. The van der Waals surface area contributed by atoms with Crippen molar-refractivity contribution in [2.45, 2.75) is 25.6 Å². The average molecular weight is 390 g/mol. The van der Waals surface area contributed by atoms with Crippen LogP contribution in [0, 0.1) is 0 Å². The number of nitrogens with one attached hydrogen (secondary N) is 3. The van der Waals surface area contributed by atoms with Gasteiger partial charge in [0.05, 0.1) is 5.69 Å². The molecule has 2 heterocycles. The van der Waals surface area contributed by atoms with Crippen molar-refractivity contribution in [3.05, 3.63) is 89.3 Å². The van der Waals surface area contributed by atoms with Crippen LogP contribution in [-0.2, 0) is 13.0 Å². The van der Waals surface area contributed by atoms with Gasteiger partial charge in [0.15, 0.2) is 0 Å². The van der Waals surface area contributed by atoms with Crippen molar-refractivity contribution in [2.24, 2.45) is 5.73 Å². The molecule has 0 radical (unpaired) electrons. The monoisotopic (exact) mass is 389 g/mol. The van der Waals surface area contributed by atoms with E-state index >= 15 is 0 Å². The van der Waals surface area contributed by atoms with E-state index in [4.69, 9.17) is 5.73 Å². The minimum atomic E-state index is -0.163. The number of anilines is 1. The fraction of sp³-hybridized carbons (Fsp3) is 0.261. The highest BCUT2D eigenvalue weighted by atomic mass is 16.2. The maximum Gasteiger partial charge on any atom is 0.327 e. The Morgan fingerprint density at radius 2 is 1.79 bits per heavy atom. The van der Waals surface area contributed by atoms with E-state index in [1.165, 1.54) is 11.1 Å². The van der Waals surface area contributed by atoms with Crippen LogP contribution in [0.2, 0.25) is 0 Å². The summed E-state index contributed by atoms with van der Waals surface area (Å²) in [7, 11) is 0. The summed E-state index contributed by atoms with van der Waals surface area (Å²) in [4.78, 5) is 14.3. The third-order valence-electron chi connectivity index (χ3n) is 5.11. The lowest BCUT2D eigenvalue weighted by molar-refractivity contribution is 0.243. The number of hydrogen-bond donors (Lipinski definition) is 4. The highest BCUT2D eigenvalue weighted by Crippen LogP contribution is 2.25. The van der Waals surface area contributed by atoms with Gasteiger partial charge in [0, 0.05) is 30.4 Å². The molecule has 1 unspecified atom stereocenters. The standard InChI is InChI=1S/C23H27N5O/c24-11-4-12-25-15-18-7-9-21(10-8-18)28-16-19-14-20(26-22(19)27-23(28)29)13-17-5-2-1-3-6-17/h1-3,5-10,14,16,22,25-26H,4,11-13,15,24H2,(H,27,29). The van der Waals surface area contributed by atoms with Crippen LogP contribution in [0.3, 0.4) is 0 Å². The molecule has 2 aromatic carbocycles. The minimum absolute atomic E-state index is 0.130. The summed E-state index contributed by atoms with van der Waals surface area (Å²) in [5.41, 5.74) is 10.9. The van der Waals surface area contributed by atoms with Gasteiger partial charge in [-0.3, -0.25) is 4.90 Å². The summed E-state index contributed by atoms with van der Waals surface area (Å²) in [5, 5.41) is 9.80. The first kappa shape index (κ1) is 19.2. The largest absolute Gasteiger partial charge is 0.365 e. The van der Waals surface area contributed by atoms with Crippen molar-refractivity contribution < 1.29 is 4.79 Å². The van der Waals surface area contributed by atoms with Gasteiger partial charge < -0.3 is 21.7 Å². The van der Waals surface area contributed by atoms with Gasteiger partial charge in [-0.25, -0.2) is 4.79 Å². The summed E-state index contributed by atoms with van der Waals surface area (Å²) in [6, 6.07) is 18.2. The summed E-state index contributed by atoms with van der Waals surface area (Å²) >= 11 is 0. The zero-order valence-electron chi connectivity index (χ0n) is 16.4. The minimum Gasteiger partial charge on any atom is -0.365 e. The van der Waals surface area contributed by atoms with Gasteiger partial charge in [-0.2, -0.15) is 0 Å². The lowest BCUT2D eigenvalue weighted by atomic mass is 10.1. The topological polar surface area (TPSA) is 82.4 Å². The molecule has 0 fully saturated rings. The van der Waals surface area contributed by atoms with Crippen molar-refractivity contribution >= 4 is 11.7 Å². The van der Waals surface area contributed by atoms with Crippen molar-refractivity contribution in [3.8, 4) is 0 Å². The third-order valence-corrected chi connectivity index (χ3v) is 5.11. The highest BCUT2D eigenvalue weighted by molar-refractivity contribution is 5.96. The molecule has 2 aliphatic rings. The van der Waals surface area contributed by atoms with Gasteiger partial charge in [0.25, 0.3) is 0 Å². The molecule has 0 spiro atoms. The van der Waals surface area contributed by atoms with Crippen molar-refractivity contribution in [1.82, 2.24) is 16.0 Å². The van der Waals surface area contributed by atoms with E-state index in [0.29, 0.717) is 6.54 Å². The summed E-state index contributed by atoms with van der Waals surface area (Å²) < 4.78 is 0. The number of benzene rings is 2. The predicted octanol–water partition coefficient (Wildman–Crippen LogP) is 2.59. The molecule has 0 aromatic heterocycles. The van der Waals surface area contributed by atoms with E-state index < -0.39 is 0 Å². The first-order chi connectivity index (χ1) is 14.2. The number of nitrogens with two attached hydrogens (primary N) is 1. The lowest BCUT2D eigenvalue weighted by Gasteiger charge is -2.29. The average Bonchev–Trinajstić information content (AvgIpc) is 3.13. The Balaban J connectivity index is 1.44. The summed E-state index contributed by atoms with van der Waals surface area (Å²) in [6.07, 6.45) is 5.66. The van der Waals surface area contributed by atoms with Gasteiger partial charge in [0.2, 0.25) is 0 Å². The molecular weight excluding hydrogens is 362 g/mol. The second-order valence-electron chi connectivity index (χ2n) is 7.34. The Morgan fingerprint density at radius 1 is 1.00 bits per heavy atom. The molecule has 6 nitrogen and oxygen atoms in total. The zero-order valence-corrected chi connectivity index (χ0v) is 16.4. The van der Waals surface area contributed by atoms with Crippen LogP contribution >= 0.6 is 0 Å². The zero-order chi connectivity index (χ0) is 20.1. The Bertz CT molecular complexity index is 905. The van der Waals surface area contributed by atoms with Crippen LogP contribution in [0.15, 0.2) is 78.1 Å². The molecule has 2 aliphatic heterocycles. The maximum atomic E-state index is 12.6. The number of urea groups is 1. The van der Waals surface area contributed by atoms with Crippen LogP contribution < -0.4 is 26.6 Å². The molecule has 0 saturated heterocycles. The summed E-state index contributed by atoms with van der Waals surface area (Å²) in [6.45, 7) is 2.40. The molecule has 6 heteroatoms. The molecule has 150 valence electrons. The molecule has 4 rings (SSSR count). The fourth-order valence-electron chi connectivity index (χ4n) is 3.57. The molecule has 0 saturated carbocycles. The van der Waals surface area contributed by atoms with E-state index in [9.17, 15) is 4.79 Å². The van der Waals surface area contributed by atoms with E-state index in [-0.39, 0.29) is 12.2 Å². The van der Waals surface area contributed by atoms with Gasteiger partial charge in [0.1, 0.15) is 6.17 Å². The first-order valence-electron chi connectivity index (χ1n) is 10.0. The highest BCUT2D eigenvalue weighted by Gasteiger charge is 2.30. The van der Waals surface area contributed by atoms with Gasteiger partial charge in [-0.05, 0) is 48.8 Å². The molecule has 2 aromatic rings. The number of amides is 2. The van der Waals surface area contributed by atoms with Crippen LogP contribution in [-0.4, -0.2) is 25.3 Å². The molecule has 29 heavy (non-hydrogen) atoms. The van der Waals surface area contributed by atoms with E-state index in [1.807, 2.05) is 48.7 Å². The van der Waals surface area contributed by atoms with Gasteiger partial charge in [-0.1, -0.05) is 42.5 Å². The van der Waals surface area contributed by atoms with Crippen molar-refractivity contribution in [2.75, 3.05) is 18.0 Å². The number of fused-ring (bicyclic) bond motifs is 1. The van der Waals surface area contributed by atoms with Crippen molar-refractivity contribution in [3.63, 3.8) is 0 Å². The molecular formula is C23H27N5O. The first-order valence-corrected chi connectivity index (χ1v) is 10.0. The van der Waals surface area contributed by atoms with E-state index in [2.05, 4.69) is 34.2 Å². The number of allylic oxidation sites excluding steroid dienone is 1. The lowest BCUT2D eigenvalue weighted by Crippen LogP contribution is -2.51. The molecule has 0 bridgehead atoms. The van der Waals surface area contributed by atoms with Crippen LogP contribution in [0.4, 0.5) is 10.5 Å². The maximum absolute atomic E-state index is 12.6. The van der Waals surface area contributed by atoms with Crippen LogP contribution in [0.25, 0.3) is 0 Å². The van der Waals surface area contributed by atoms with E-state index in [0.717, 1.165) is 42.9 Å². The molecule has 5 N–H and O–H groups in total. The molecule has 1 atom stereocenters. The fourth-order valence-corrected chi connectivity index (χ4v) is 3.57. The Hall–Kier alpha value is -3.09.